The molecule has 0 bridgehead atoms. The third kappa shape index (κ3) is 2.79. The van der Waals surface area contributed by atoms with Gasteiger partial charge in [-0.2, -0.15) is 0 Å². The Labute approximate surface area is 146 Å². The van der Waals surface area contributed by atoms with Crippen molar-refractivity contribution in [3.05, 3.63) is 24.3 Å². The van der Waals surface area contributed by atoms with Crippen LogP contribution in [0.5, 0.6) is 0 Å². The molecule has 0 spiro atoms. The molecule has 0 aliphatic heterocycles. The molecular formula is C21H34O3. The van der Waals surface area contributed by atoms with E-state index in [0.717, 1.165) is 44.9 Å². The summed E-state index contributed by atoms with van der Waals surface area (Å²) in [7, 11) is 0. The fourth-order valence-corrected chi connectivity index (χ4v) is 6.06. The second-order valence-electron chi connectivity index (χ2n) is 8.95. The molecule has 7 atom stereocenters. The zero-order chi connectivity index (χ0) is 17.5. The second kappa shape index (κ2) is 6.59. The van der Waals surface area contributed by atoms with Gasteiger partial charge in [0.05, 0.1) is 18.8 Å². The quantitative estimate of drug-likeness (QED) is 0.693. The molecule has 24 heavy (non-hydrogen) atoms. The van der Waals surface area contributed by atoms with E-state index in [1.807, 2.05) is 0 Å². The van der Waals surface area contributed by atoms with Crippen molar-refractivity contribution in [3.8, 4) is 0 Å². The summed E-state index contributed by atoms with van der Waals surface area (Å²) in [4.78, 5) is 0. The van der Waals surface area contributed by atoms with E-state index >= 15 is 0 Å². The van der Waals surface area contributed by atoms with Crippen molar-refractivity contribution < 1.29 is 15.3 Å². The third-order valence-electron chi connectivity index (χ3n) is 7.89. The fraction of sp³-hybridized carbons (Fsp3) is 0.810. The topological polar surface area (TPSA) is 60.7 Å². The van der Waals surface area contributed by atoms with Crippen LogP contribution in [0.1, 0.15) is 58.8 Å². The molecule has 136 valence electrons. The van der Waals surface area contributed by atoms with Gasteiger partial charge in [-0.1, -0.05) is 38.2 Å². The molecule has 0 saturated heterocycles. The lowest BCUT2D eigenvalue weighted by molar-refractivity contribution is -0.110. The van der Waals surface area contributed by atoms with Crippen molar-refractivity contribution in [2.45, 2.75) is 71.0 Å². The second-order valence-corrected chi connectivity index (χ2v) is 8.95. The number of rotatable bonds is 3. The minimum Gasteiger partial charge on any atom is -0.393 e. The summed E-state index contributed by atoms with van der Waals surface area (Å²) in [6, 6.07) is 0. The summed E-state index contributed by atoms with van der Waals surface area (Å²) in [5.41, 5.74) is 1.43. The van der Waals surface area contributed by atoms with Crippen LogP contribution in [0.4, 0.5) is 0 Å². The average molecular weight is 335 g/mol. The van der Waals surface area contributed by atoms with Gasteiger partial charge in [0.1, 0.15) is 0 Å². The molecule has 0 aromatic carbocycles. The number of hydrogen-bond acceptors (Lipinski definition) is 3. The Morgan fingerprint density at radius 3 is 2.58 bits per heavy atom. The summed E-state index contributed by atoms with van der Waals surface area (Å²) in [6.07, 6.45) is 10.1. The van der Waals surface area contributed by atoms with Gasteiger partial charge in [-0.3, -0.25) is 0 Å². The van der Waals surface area contributed by atoms with Crippen LogP contribution in [-0.2, 0) is 0 Å². The van der Waals surface area contributed by atoms with E-state index in [4.69, 9.17) is 0 Å². The van der Waals surface area contributed by atoms with Crippen LogP contribution in [0, 0.1) is 28.6 Å². The largest absolute Gasteiger partial charge is 0.393 e. The van der Waals surface area contributed by atoms with Crippen molar-refractivity contribution in [1.29, 1.82) is 0 Å². The Balaban J connectivity index is 1.86. The molecule has 0 heterocycles. The first-order chi connectivity index (χ1) is 11.3. The number of allylic oxidation sites excluding steroid dienone is 2. The molecule has 3 aliphatic rings. The van der Waals surface area contributed by atoms with Crippen LogP contribution in [0.25, 0.3) is 0 Å². The molecular weight excluding hydrogens is 300 g/mol. The van der Waals surface area contributed by atoms with Crippen LogP contribution in [0.3, 0.4) is 0 Å². The van der Waals surface area contributed by atoms with E-state index < -0.39 is 0 Å². The zero-order valence-corrected chi connectivity index (χ0v) is 15.2. The molecule has 0 amide bonds. The molecule has 3 aliphatic carbocycles. The first-order valence-electron chi connectivity index (χ1n) is 9.65. The third-order valence-corrected chi connectivity index (χ3v) is 7.89. The Kier molecular flexibility index (Phi) is 4.98. The van der Waals surface area contributed by atoms with E-state index in [0.29, 0.717) is 5.92 Å². The van der Waals surface area contributed by atoms with E-state index in [9.17, 15) is 15.3 Å². The van der Waals surface area contributed by atoms with Crippen molar-refractivity contribution in [2.24, 2.45) is 28.6 Å². The SMILES string of the molecule is C=C1CCC2[C@@H](O)C([C@@]3(C)CC[C@H](O)C[C@@H]3/C=C/CO)CC[C@@]12C. The number of aliphatic hydroxyl groups excluding tert-OH is 3. The standard InChI is InChI=1S/C21H34O3/c1-14-6-7-17-19(24)18(9-11-20(14,17)2)21(3)10-8-16(23)13-15(21)5-4-12-22/h4-5,15-19,22-24H,1,6-13H2,2-3H3/b5-4+/t15-,16-,17?,18?,19+,20-,21-/m0/s1. The van der Waals surface area contributed by atoms with Crippen molar-refractivity contribution in [3.63, 3.8) is 0 Å². The van der Waals surface area contributed by atoms with Crippen molar-refractivity contribution >= 4 is 0 Å². The maximum absolute atomic E-state index is 11.3. The Hall–Kier alpha value is -0.640. The van der Waals surface area contributed by atoms with Crippen molar-refractivity contribution in [2.75, 3.05) is 6.61 Å². The lowest BCUT2D eigenvalue weighted by Crippen LogP contribution is -2.52. The first kappa shape index (κ1) is 18.2. The molecule has 3 saturated carbocycles. The molecule has 3 N–H and O–H groups in total. The highest BCUT2D eigenvalue weighted by Gasteiger charge is 2.56. The van der Waals surface area contributed by atoms with Crippen LogP contribution in [0.2, 0.25) is 0 Å². The minimum atomic E-state index is -0.284. The highest BCUT2D eigenvalue weighted by molar-refractivity contribution is 5.21. The van der Waals surface area contributed by atoms with Gasteiger partial charge in [-0.15, -0.1) is 0 Å². The predicted molar refractivity (Wildman–Crippen MR) is 96.4 cm³/mol. The summed E-state index contributed by atoms with van der Waals surface area (Å²) in [5, 5.41) is 30.6. The summed E-state index contributed by atoms with van der Waals surface area (Å²) in [6.45, 7) is 8.91. The van der Waals surface area contributed by atoms with Crippen LogP contribution < -0.4 is 0 Å². The summed E-state index contributed by atoms with van der Waals surface area (Å²) in [5.74, 6) is 0.819. The number of fused-ring (bicyclic) bond motifs is 1. The molecule has 3 heteroatoms. The molecule has 0 radical (unpaired) electrons. The molecule has 3 fully saturated rings. The molecule has 0 aromatic rings. The summed E-state index contributed by atoms with van der Waals surface area (Å²) < 4.78 is 0. The van der Waals surface area contributed by atoms with Gasteiger partial charge in [0.25, 0.3) is 0 Å². The van der Waals surface area contributed by atoms with E-state index in [2.05, 4.69) is 26.5 Å². The van der Waals surface area contributed by atoms with Gasteiger partial charge in [-0.25, -0.2) is 0 Å². The number of aliphatic hydroxyl groups is 3. The van der Waals surface area contributed by atoms with Gasteiger partial charge in [0, 0.05) is 0 Å². The molecule has 3 rings (SSSR count). The monoisotopic (exact) mass is 334 g/mol. The number of hydrogen-bond donors (Lipinski definition) is 3. The smallest absolute Gasteiger partial charge is 0.0612 e. The highest BCUT2D eigenvalue weighted by Crippen LogP contribution is 2.61. The normalized spacial score (nSPS) is 49.5. The van der Waals surface area contributed by atoms with E-state index in [1.165, 1.54) is 5.57 Å². The van der Waals surface area contributed by atoms with Gasteiger partial charge in [0.2, 0.25) is 0 Å². The molecule has 0 aromatic heterocycles. The van der Waals surface area contributed by atoms with Gasteiger partial charge >= 0.3 is 0 Å². The first-order valence-corrected chi connectivity index (χ1v) is 9.65. The minimum absolute atomic E-state index is 0.00439. The van der Waals surface area contributed by atoms with E-state index in [-0.39, 0.29) is 41.5 Å². The van der Waals surface area contributed by atoms with E-state index in [1.54, 1.807) is 6.08 Å². The van der Waals surface area contributed by atoms with Crippen LogP contribution >= 0.6 is 0 Å². The average Bonchev–Trinajstić information content (AvgIpc) is 2.85. The zero-order valence-electron chi connectivity index (χ0n) is 15.2. The maximum Gasteiger partial charge on any atom is 0.0612 e. The van der Waals surface area contributed by atoms with Gasteiger partial charge in [-0.05, 0) is 73.5 Å². The Morgan fingerprint density at radius 1 is 1.12 bits per heavy atom. The Bertz CT molecular complexity index is 513. The van der Waals surface area contributed by atoms with Gasteiger partial charge < -0.3 is 15.3 Å². The van der Waals surface area contributed by atoms with Gasteiger partial charge in [0.15, 0.2) is 0 Å². The van der Waals surface area contributed by atoms with Crippen molar-refractivity contribution in [1.82, 2.24) is 0 Å². The highest BCUT2D eigenvalue weighted by atomic mass is 16.3. The fourth-order valence-electron chi connectivity index (χ4n) is 6.06. The van der Waals surface area contributed by atoms with Crippen LogP contribution in [0.15, 0.2) is 24.3 Å². The van der Waals surface area contributed by atoms with Crippen LogP contribution in [-0.4, -0.2) is 34.1 Å². The molecule has 2 unspecified atom stereocenters. The Morgan fingerprint density at radius 2 is 1.88 bits per heavy atom. The maximum atomic E-state index is 11.3. The molecule has 3 nitrogen and oxygen atoms in total. The summed E-state index contributed by atoms with van der Waals surface area (Å²) >= 11 is 0. The lowest BCUT2D eigenvalue weighted by Gasteiger charge is -2.54. The lowest BCUT2D eigenvalue weighted by atomic mass is 9.52. The predicted octanol–water partition coefficient (Wildman–Crippen LogP) is 3.45.